The van der Waals surface area contributed by atoms with Gasteiger partial charge >= 0.3 is 0 Å². The van der Waals surface area contributed by atoms with Gasteiger partial charge in [0.1, 0.15) is 5.78 Å². The van der Waals surface area contributed by atoms with Crippen LogP contribution in [0.15, 0.2) is 0 Å². The van der Waals surface area contributed by atoms with Crippen LogP contribution >= 0.6 is 0 Å². The predicted octanol–water partition coefficient (Wildman–Crippen LogP) is 4.19. The molecule has 30 heavy (non-hydrogen) atoms. The van der Waals surface area contributed by atoms with E-state index < -0.39 is 100 Å². The molecular formula is C17H8F10O3. The molecule has 0 spiro atoms. The zero-order valence-electron chi connectivity index (χ0n) is 14.2. The number of Topliss-reactive ketones (excluding diaryl/α,β-unsaturated/α-hetero) is 1. The molecule has 13 heteroatoms. The standard InChI is InChI=1S/C17H8F10O3/c18-8-6(9(19)13(23)16(26)12(8)22)4(29)1-3(28)2-5(30)7-10(20)14(24)17(27)15(25)11(7)21/h4-5,29-30H,1-2H2. The van der Waals surface area contributed by atoms with Crippen molar-refractivity contribution in [1.82, 2.24) is 0 Å². The average Bonchev–Trinajstić information content (AvgIpc) is 2.67. The molecule has 0 aromatic heterocycles. The van der Waals surface area contributed by atoms with Gasteiger partial charge in [0.25, 0.3) is 0 Å². The Morgan fingerprint density at radius 2 is 0.700 bits per heavy atom. The van der Waals surface area contributed by atoms with Crippen LogP contribution in [0, 0.1) is 58.2 Å². The molecule has 0 fully saturated rings. The van der Waals surface area contributed by atoms with Crippen molar-refractivity contribution in [2.45, 2.75) is 25.0 Å². The van der Waals surface area contributed by atoms with E-state index in [-0.39, 0.29) is 0 Å². The van der Waals surface area contributed by atoms with Gasteiger partial charge in [-0.2, -0.15) is 0 Å². The van der Waals surface area contributed by atoms with Crippen LogP contribution < -0.4 is 0 Å². The molecule has 3 nitrogen and oxygen atoms in total. The van der Waals surface area contributed by atoms with Crippen LogP contribution in [0.2, 0.25) is 0 Å². The summed E-state index contributed by atoms with van der Waals surface area (Å²) in [5.74, 6) is -26.0. The number of carbonyl (C=O) groups excluding carboxylic acids is 1. The number of carbonyl (C=O) groups is 1. The number of benzene rings is 2. The summed E-state index contributed by atoms with van der Waals surface area (Å²) >= 11 is 0. The third-order valence-electron chi connectivity index (χ3n) is 4.00. The van der Waals surface area contributed by atoms with Crippen molar-refractivity contribution >= 4 is 5.78 Å². The molecule has 0 saturated carbocycles. The van der Waals surface area contributed by atoms with E-state index in [2.05, 4.69) is 0 Å². The minimum Gasteiger partial charge on any atom is -0.388 e. The van der Waals surface area contributed by atoms with E-state index in [1.165, 1.54) is 0 Å². The summed E-state index contributed by atoms with van der Waals surface area (Å²) in [5.41, 5.74) is -3.57. The molecule has 0 heterocycles. The number of ketones is 1. The Labute approximate surface area is 160 Å². The second-order valence-electron chi connectivity index (χ2n) is 5.95. The van der Waals surface area contributed by atoms with Crippen molar-refractivity contribution in [3.8, 4) is 0 Å². The first-order chi connectivity index (χ1) is 13.8. The van der Waals surface area contributed by atoms with Crippen molar-refractivity contribution in [3.63, 3.8) is 0 Å². The SMILES string of the molecule is O=C(CC(O)c1c(F)c(F)c(F)c(F)c1F)CC(O)c1c(F)c(F)c(F)c(F)c1F. The van der Waals surface area contributed by atoms with Crippen molar-refractivity contribution in [2.24, 2.45) is 0 Å². The number of hydrogen-bond donors (Lipinski definition) is 2. The summed E-state index contributed by atoms with van der Waals surface area (Å²) in [6.45, 7) is 0. The highest BCUT2D eigenvalue weighted by Crippen LogP contribution is 2.32. The fraction of sp³-hybridized carbons (Fsp3) is 0.235. The van der Waals surface area contributed by atoms with E-state index in [4.69, 9.17) is 0 Å². The lowest BCUT2D eigenvalue weighted by Gasteiger charge is -2.16. The number of halogens is 10. The Hall–Kier alpha value is -2.67. The molecule has 2 atom stereocenters. The second-order valence-corrected chi connectivity index (χ2v) is 5.95. The van der Waals surface area contributed by atoms with Crippen molar-refractivity contribution in [3.05, 3.63) is 69.3 Å². The van der Waals surface area contributed by atoms with E-state index in [0.29, 0.717) is 0 Å². The smallest absolute Gasteiger partial charge is 0.200 e. The number of aliphatic hydroxyl groups is 2. The zero-order valence-corrected chi connectivity index (χ0v) is 14.2. The summed E-state index contributed by atoms with van der Waals surface area (Å²) in [6.07, 6.45) is -8.15. The first-order valence-corrected chi connectivity index (χ1v) is 7.71. The lowest BCUT2D eigenvalue weighted by atomic mass is 9.96. The molecule has 0 amide bonds. The summed E-state index contributed by atoms with van der Waals surface area (Å²) < 4.78 is 133. The summed E-state index contributed by atoms with van der Waals surface area (Å²) in [7, 11) is 0. The van der Waals surface area contributed by atoms with E-state index in [1.807, 2.05) is 0 Å². The molecule has 0 aliphatic heterocycles. The molecule has 2 aromatic carbocycles. The van der Waals surface area contributed by atoms with Gasteiger partial charge in [-0.25, -0.2) is 43.9 Å². The van der Waals surface area contributed by atoms with Gasteiger partial charge in [-0.1, -0.05) is 0 Å². The Morgan fingerprint density at radius 3 is 0.933 bits per heavy atom. The molecular weight excluding hydrogens is 442 g/mol. The Kier molecular flexibility index (Phi) is 6.76. The number of rotatable bonds is 6. The van der Waals surface area contributed by atoms with Gasteiger partial charge in [0.15, 0.2) is 46.5 Å². The minimum atomic E-state index is -2.65. The first-order valence-electron chi connectivity index (χ1n) is 7.71. The fourth-order valence-corrected chi connectivity index (χ4v) is 2.55. The molecule has 0 aliphatic rings. The largest absolute Gasteiger partial charge is 0.388 e. The molecule has 0 aliphatic carbocycles. The van der Waals surface area contributed by atoms with Crippen LogP contribution in [-0.2, 0) is 4.79 Å². The van der Waals surface area contributed by atoms with Crippen LogP contribution in [0.25, 0.3) is 0 Å². The molecule has 0 bridgehead atoms. The maximum absolute atomic E-state index is 13.6. The Morgan fingerprint density at radius 1 is 0.500 bits per heavy atom. The topological polar surface area (TPSA) is 57.5 Å². The van der Waals surface area contributed by atoms with Crippen molar-refractivity contribution in [2.75, 3.05) is 0 Å². The Balaban J connectivity index is 2.28. The van der Waals surface area contributed by atoms with Crippen LogP contribution in [0.3, 0.4) is 0 Å². The molecule has 2 unspecified atom stereocenters. The highest BCUT2D eigenvalue weighted by Gasteiger charge is 2.33. The number of aliphatic hydroxyl groups excluding tert-OH is 2. The number of hydrogen-bond acceptors (Lipinski definition) is 3. The molecule has 0 saturated heterocycles. The Bertz CT molecular complexity index is 886. The molecule has 2 rings (SSSR count). The molecule has 2 aromatic rings. The lowest BCUT2D eigenvalue weighted by Crippen LogP contribution is -2.17. The lowest BCUT2D eigenvalue weighted by molar-refractivity contribution is -0.123. The molecule has 2 N–H and O–H groups in total. The third-order valence-corrected chi connectivity index (χ3v) is 4.00. The van der Waals surface area contributed by atoms with Gasteiger partial charge in [-0.3, -0.25) is 4.79 Å². The summed E-state index contributed by atoms with van der Waals surface area (Å²) in [5, 5.41) is 19.3. The van der Waals surface area contributed by atoms with Crippen LogP contribution in [0.4, 0.5) is 43.9 Å². The average molecular weight is 450 g/mol. The zero-order chi connectivity index (χ0) is 23.1. The minimum absolute atomic E-state index is 1.43. The quantitative estimate of drug-likeness (QED) is 0.394. The molecule has 164 valence electrons. The monoisotopic (exact) mass is 450 g/mol. The third kappa shape index (κ3) is 3.99. The van der Waals surface area contributed by atoms with Crippen molar-refractivity contribution < 1.29 is 58.9 Å². The van der Waals surface area contributed by atoms with Crippen LogP contribution in [0.1, 0.15) is 36.2 Å². The van der Waals surface area contributed by atoms with Gasteiger partial charge in [0, 0.05) is 12.8 Å². The van der Waals surface area contributed by atoms with E-state index >= 15 is 0 Å². The van der Waals surface area contributed by atoms with Gasteiger partial charge in [0.05, 0.1) is 23.3 Å². The predicted molar refractivity (Wildman–Crippen MR) is 76.6 cm³/mol. The molecule has 0 radical (unpaired) electrons. The maximum Gasteiger partial charge on any atom is 0.200 e. The van der Waals surface area contributed by atoms with Crippen molar-refractivity contribution in [1.29, 1.82) is 0 Å². The normalized spacial score (nSPS) is 13.5. The fourth-order valence-electron chi connectivity index (χ4n) is 2.55. The van der Waals surface area contributed by atoms with E-state index in [1.54, 1.807) is 0 Å². The van der Waals surface area contributed by atoms with Gasteiger partial charge in [-0.15, -0.1) is 0 Å². The van der Waals surface area contributed by atoms with Crippen LogP contribution in [0.5, 0.6) is 0 Å². The van der Waals surface area contributed by atoms with Gasteiger partial charge < -0.3 is 10.2 Å². The van der Waals surface area contributed by atoms with Gasteiger partial charge in [0.2, 0.25) is 11.6 Å². The maximum atomic E-state index is 13.6. The van der Waals surface area contributed by atoms with Gasteiger partial charge in [-0.05, 0) is 0 Å². The highest BCUT2D eigenvalue weighted by molar-refractivity contribution is 5.79. The van der Waals surface area contributed by atoms with Crippen LogP contribution in [-0.4, -0.2) is 16.0 Å². The van der Waals surface area contributed by atoms with E-state index in [9.17, 15) is 58.9 Å². The second kappa shape index (κ2) is 8.60. The van der Waals surface area contributed by atoms with E-state index in [0.717, 1.165) is 0 Å². The highest BCUT2D eigenvalue weighted by atomic mass is 19.2. The first kappa shape index (κ1) is 23.6. The summed E-state index contributed by atoms with van der Waals surface area (Å²) in [4.78, 5) is 11.8. The summed E-state index contributed by atoms with van der Waals surface area (Å²) in [6, 6.07) is 0.